The molecule has 48 valence electrons. The number of hydrogen-bond acceptors (Lipinski definition) is 3. The number of hydrazine groups is 1. The topological polar surface area (TPSA) is 64.1 Å². The monoisotopic (exact) mass is 135 g/mol. The van der Waals surface area contributed by atoms with Gasteiger partial charge in [-0.05, 0) is 0 Å². The lowest BCUT2D eigenvalue weighted by Gasteiger charge is -1.98. The molecule has 0 aromatic carbocycles. The first kappa shape index (κ1) is 10.7. The van der Waals surface area contributed by atoms with Gasteiger partial charge in [-0.2, -0.15) is 0 Å². The van der Waals surface area contributed by atoms with E-state index in [4.69, 9.17) is 18.0 Å². The molecule has 3 nitrogen and oxygen atoms in total. The standard InChI is InChI=1S/C4H9N3.ClH/c1-2-4(5)3-7-6;/h1,4,7H,3,5-6H2;1H. The summed E-state index contributed by atoms with van der Waals surface area (Å²) >= 11 is 0. The molecular weight excluding hydrogens is 126 g/mol. The summed E-state index contributed by atoms with van der Waals surface area (Å²) in [5, 5.41) is 0. The number of halogens is 1. The Hall–Kier alpha value is -0.270. The molecule has 8 heavy (non-hydrogen) atoms. The minimum absolute atomic E-state index is 0. The molecule has 0 saturated heterocycles. The second-order valence-electron chi connectivity index (χ2n) is 1.18. The molecule has 0 aromatic heterocycles. The van der Waals surface area contributed by atoms with E-state index in [2.05, 4.69) is 11.3 Å². The van der Waals surface area contributed by atoms with E-state index in [1.54, 1.807) is 0 Å². The highest BCUT2D eigenvalue weighted by Gasteiger charge is 1.89. The lowest BCUT2D eigenvalue weighted by molar-refractivity contribution is 0.681. The van der Waals surface area contributed by atoms with E-state index in [1.165, 1.54) is 0 Å². The van der Waals surface area contributed by atoms with E-state index < -0.39 is 0 Å². The SMILES string of the molecule is C#CC(N)CNN.Cl. The van der Waals surface area contributed by atoms with Gasteiger partial charge in [0.15, 0.2) is 0 Å². The average Bonchev–Trinajstić information content (AvgIpc) is 1.68. The zero-order valence-electron chi connectivity index (χ0n) is 4.42. The largest absolute Gasteiger partial charge is 0.317 e. The van der Waals surface area contributed by atoms with Crippen molar-refractivity contribution in [3.8, 4) is 12.3 Å². The van der Waals surface area contributed by atoms with Crippen LogP contribution in [0.25, 0.3) is 0 Å². The van der Waals surface area contributed by atoms with Gasteiger partial charge in [0.1, 0.15) is 0 Å². The third-order valence-electron chi connectivity index (χ3n) is 0.552. The van der Waals surface area contributed by atoms with Crippen LogP contribution >= 0.6 is 12.4 Å². The highest BCUT2D eigenvalue weighted by molar-refractivity contribution is 5.85. The van der Waals surface area contributed by atoms with Gasteiger partial charge in [0.25, 0.3) is 0 Å². The van der Waals surface area contributed by atoms with E-state index in [-0.39, 0.29) is 18.4 Å². The molecule has 0 radical (unpaired) electrons. The fourth-order valence-corrected chi connectivity index (χ4v) is 0.186. The normalized spacial score (nSPS) is 11.1. The first-order valence-corrected chi connectivity index (χ1v) is 1.96. The summed E-state index contributed by atoms with van der Waals surface area (Å²) in [7, 11) is 0. The Bertz CT molecular complexity index is 77.8. The molecule has 0 aliphatic rings. The van der Waals surface area contributed by atoms with Gasteiger partial charge in [-0.25, -0.2) is 0 Å². The predicted octanol–water partition coefficient (Wildman–Crippen LogP) is -1.17. The summed E-state index contributed by atoms with van der Waals surface area (Å²) in [5.74, 6) is 7.18. The van der Waals surface area contributed by atoms with Gasteiger partial charge in [0, 0.05) is 6.54 Å². The first-order valence-electron chi connectivity index (χ1n) is 1.96. The van der Waals surface area contributed by atoms with Crippen LogP contribution < -0.4 is 17.0 Å². The van der Waals surface area contributed by atoms with Gasteiger partial charge in [0.2, 0.25) is 0 Å². The second-order valence-corrected chi connectivity index (χ2v) is 1.18. The maximum atomic E-state index is 5.20. The van der Waals surface area contributed by atoms with Crippen molar-refractivity contribution >= 4 is 12.4 Å². The van der Waals surface area contributed by atoms with Crippen LogP contribution in [0, 0.1) is 12.3 Å². The molecule has 0 rings (SSSR count). The molecule has 1 atom stereocenters. The molecule has 0 heterocycles. The number of terminal acetylenes is 1. The summed E-state index contributed by atoms with van der Waals surface area (Å²) in [6.07, 6.45) is 4.89. The van der Waals surface area contributed by atoms with Crippen LogP contribution in [0.4, 0.5) is 0 Å². The van der Waals surface area contributed by atoms with Crippen molar-refractivity contribution in [2.45, 2.75) is 6.04 Å². The fourth-order valence-electron chi connectivity index (χ4n) is 0.186. The summed E-state index contributed by atoms with van der Waals surface area (Å²) in [4.78, 5) is 0. The van der Waals surface area contributed by atoms with E-state index in [1.807, 2.05) is 0 Å². The van der Waals surface area contributed by atoms with Crippen molar-refractivity contribution in [2.24, 2.45) is 11.6 Å². The maximum absolute atomic E-state index is 5.20. The highest BCUT2D eigenvalue weighted by atomic mass is 35.5. The van der Waals surface area contributed by atoms with Gasteiger partial charge in [-0.15, -0.1) is 18.8 Å². The second kappa shape index (κ2) is 6.73. The molecule has 4 heteroatoms. The number of rotatable bonds is 2. The number of nitrogens with two attached hydrogens (primary N) is 2. The fraction of sp³-hybridized carbons (Fsp3) is 0.500. The number of hydrogen-bond donors (Lipinski definition) is 3. The van der Waals surface area contributed by atoms with E-state index in [0.717, 1.165) is 0 Å². The summed E-state index contributed by atoms with van der Waals surface area (Å²) < 4.78 is 0. The third kappa shape index (κ3) is 5.73. The van der Waals surface area contributed by atoms with Gasteiger partial charge < -0.3 is 5.73 Å². The number of nitrogens with one attached hydrogen (secondary N) is 1. The zero-order valence-corrected chi connectivity index (χ0v) is 5.24. The molecule has 1 unspecified atom stereocenters. The summed E-state index contributed by atoms with van der Waals surface area (Å²) in [6.45, 7) is 0.469. The Kier molecular flexibility index (Phi) is 8.97. The van der Waals surface area contributed by atoms with Crippen molar-refractivity contribution in [3.05, 3.63) is 0 Å². The molecule has 0 saturated carbocycles. The maximum Gasteiger partial charge on any atom is 0.0802 e. The quantitative estimate of drug-likeness (QED) is 0.254. The highest BCUT2D eigenvalue weighted by Crippen LogP contribution is 1.63. The minimum Gasteiger partial charge on any atom is -0.317 e. The Balaban J connectivity index is 0. The molecule has 0 aliphatic carbocycles. The van der Waals surface area contributed by atoms with Crippen molar-refractivity contribution < 1.29 is 0 Å². The summed E-state index contributed by atoms with van der Waals surface area (Å²) in [5.41, 5.74) is 7.56. The van der Waals surface area contributed by atoms with Crippen LogP contribution in [-0.2, 0) is 0 Å². The smallest absolute Gasteiger partial charge is 0.0802 e. The first-order chi connectivity index (χ1) is 3.31. The van der Waals surface area contributed by atoms with Gasteiger partial charge in [-0.1, -0.05) is 5.92 Å². The van der Waals surface area contributed by atoms with Crippen molar-refractivity contribution in [1.29, 1.82) is 0 Å². The molecule has 0 aromatic rings. The Morgan fingerprint density at radius 1 is 1.75 bits per heavy atom. The van der Waals surface area contributed by atoms with Crippen LogP contribution in [0.3, 0.4) is 0 Å². The van der Waals surface area contributed by atoms with Gasteiger partial charge in [-0.3, -0.25) is 11.3 Å². The molecule has 0 bridgehead atoms. The van der Waals surface area contributed by atoms with E-state index in [0.29, 0.717) is 6.54 Å². The third-order valence-corrected chi connectivity index (χ3v) is 0.552. The van der Waals surface area contributed by atoms with Gasteiger partial charge in [0.05, 0.1) is 6.04 Å². The molecule has 0 aliphatic heterocycles. The van der Waals surface area contributed by atoms with Crippen molar-refractivity contribution in [3.63, 3.8) is 0 Å². The zero-order chi connectivity index (χ0) is 5.70. The van der Waals surface area contributed by atoms with Crippen LogP contribution in [0.5, 0.6) is 0 Å². The lowest BCUT2D eigenvalue weighted by atomic mass is 10.3. The molecular formula is C4H10ClN3. The van der Waals surface area contributed by atoms with Crippen molar-refractivity contribution in [1.82, 2.24) is 5.43 Å². The molecule has 5 N–H and O–H groups in total. The van der Waals surface area contributed by atoms with E-state index >= 15 is 0 Å². The molecule has 0 spiro atoms. The summed E-state index contributed by atoms with van der Waals surface area (Å²) in [6, 6.07) is -0.259. The Labute approximate surface area is 55.2 Å². The van der Waals surface area contributed by atoms with Crippen LogP contribution in [0.15, 0.2) is 0 Å². The average molecular weight is 136 g/mol. The van der Waals surface area contributed by atoms with Crippen LogP contribution in [0.2, 0.25) is 0 Å². The van der Waals surface area contributed by atoms with Crippen molar-refractivity contribution in [2.75, 3.05) is 6.54 Å². The van der Waals surface area contributed by atoms with Gasteiger partial charge >= 0.3 is 0 Å². The van der Waals surface area contributed by atoms with Crippen LogP contribution in [0.1, 0.15) is 0 Å². The lowest BCUT2D eigenvalue weighted by Crippen LogP contribution is -2.36. The molecule has 0 amide bonds. The molecule has 0 fully saturated rings. The van der Waals surface area contributed by atoms with E-state index in [9.17, 15) is 0 Å². The Morgan fingerprint density at radius 2 is 2.25 bits per heavy atom. The van der Waals surface area contributed by atoms with Crippen LogP contribution in [-0.4, -0.2) is 12.6 Å². The Morgan fingerprint density at radius 3 is 2.38 bits per heavy atom. The predicted molar refractivity (Wildman–Crippen MR) is 36.2 cm³/mol. The minimum atomic E-state index is -0.259.